The predicted octanol–water partition coefficient (Wildman–Crippen LogP) is 1.60. The highest BCUT2D eigenvalue weighted by molar-refractivity contribution is 5.22. The zero-order chi connectivity index (χ0) is 8.27. The molecule has 0 N–H and O–H groups in total. The fourth-order valence-electron chi connectivity index (χ4n) is 0.805. The Balaban J connectivity index is 3.08. The number of rotatable bonds is 1. The van der Waals surface area contributed by atoms with Crippen molar-refractivity contribution in [1.29, 1.82) is 5.26 Å². The summed E-state index contributed by atoms with van der Waals surface area (Å²) in [4.78, 5) is 3.87. The van der Waals surface area contributed by atoms with Crippen LogP contribution in [-0.4, -0.2) is 4.98 Å². The van der Waals surface area contributed by atoms with E-state index in [0.29, 0.717) is 11.3 Å². The minimum Gasteiger partial charge on any atom is -0.260 e. The molecule has 1 aromatic heterocycles. The van der Waals surface area contributed by atoms with Gasteiger partial charge in [0.25, 0.3) is 0 Å². The molecule has 0 aliphatic heterocycles. The third kappa shape index (κ3) is 1.53. The Morgan fingerprint density at radius 3 is 3.09 bits per heavy atom. The molecular weight excluding hydrogens is 143 g/mol. The number of hydrogen-bond acceptors (Lipinski definition) is 2. The second kappa shape index (κ2) is 3.11. The van der Waals surface area contributed by atoms with Crippen LogP contribution in [0.3, 0.4) is 0 Å². The first-order valence-corrected chi connectivity index (χ1v) is 3.22. The number of nitrogens with zero attached hydrogens (tertiary/aromatic N) is 2. The molecule has 0 aliphatic carbocycles. The lowest BCUT2D eigenvalue weighted by atomic mass is 10.2. The van der Waals surface area contributed by atoms with Crippen LogP contribution in [0.5, 0.6) is 0 Å². The highest BCUT2D eigenvalue weighted by Crippen LogP contribution is 2.08. The minimum absolute atomic E-state index is 0.170. The van der Waals surface area contributed by atoms with Crippen molar-refractivity contribution in [2.75, 3.05) is 0 Å². The Kier molecular flexibility index (Phi) is 2.17. The van der Waals surface area contributed by atoms with Crippen molar-refractivity contribution < 1.29 is 4.39 Å². The van der Waals surface area contributed by atoms with Crippen LogP contribution < -0.4 is 0 Å². The Labute approximate surface area is 64.3 Å². The lowest BCUT2D eigenvalue weighted by Crippen LogP contribution is -1.94. The molecule has 0 aromatic carbocycles. The van der Waals surface area contributed by atoms with Gasteiger partial charge in [-0.05, 0) is 13.0 Å². The molecule has 0 unspecified atom stereocenters. The van der Waals surface area contributed by atoms with Crippen LogP contribution in [0.2, 0.25) is 0 Å². The number of aromatic nitrogens is 1. The van der Waals surface area contributed by atoms with Gasteiger partial charge in [0.15, 0.2) is 0 Å². The first-order chi connectivity index (χ1) is 5.25. The van der Waals surface area contributed by atoms with Crippen LogP contribution in [-0.2, 0) is 6.42 Å². The number of nitriles is 1. The van der Waals surface area contributed by atoms with Gasteiger partial charge in [-0.1, -0.05) is 0 Å². The average Bonchev–Trinajstić information content (AvgIpc) is 1.99. The molecule has 3 heteroatoms. The largest absolute Gasteiger partial charge is 0.260 e. The number of pyridine rings is 1. The van der Waals surface area contributed by atoms with Gasteiger partial charge in [0, 0.05) is 11.8 Å². The van der Waals surface area contributed by atoms with Gasteiger partial charge in [0.05, 0.1) is 18.2 Å². The van der Waals surface area contributed by atoms with Gasteiger partial charge in [0.1, 0.15) is 5.82 Å². The van der Waals surface area contributed by atoms with E-state index in [0.717, 1.165) is 0 Å². The van der Waals surface area contributed by atoms with Crippen molar-refractivity contribution in [1.82, 2.24) is 4.98 Å². The third-order valence-electron chi connectivity index (χ3n) is 1.49. The van der Waals surface area contributed by atoms with E-state index in [1.807, 2.05) is 6.07 Å². The predicted molar refractivity (Wildman–Crippen MR) is 38.2 cm³/mol. The Hall–Kier alpha value is -1.43. The fourth-order valence-corrected chi connectivity index (χ4v) is 0.805. The molecule has 0 amide bonds. The maximum absolute atomic E-state index is 12.8. The van der Waals surface area contributed by atoms with E-state index in [-0.39, 0.29) is 12.2 Å². The quantitative estimate of drug-likeness (QED) is 0.609. The van der Waals surface area contributed by atoms with Crippen LogP contribution >= 0.6 is 0 Å². The zero-order valence-electron chi connectivity index (χ0n) is 6.13. The maximum Gasteiger partial charge on any atom is 0.129 e. The summed E-state index contributed by atoms with van der Waals surface area (Å²) >= 11 is 0. The summed E-state index contributed by atoms with van der Waals surface area (Å²) in [7, 11) is 0. The van der Waals surface area contributed by atoms with Gasteiger partial charge in [-0.3, -0.25) is 4.98 Å². The van der Waals surface area contributed by atoms with Gasteiger partial charge >= 0.3 is 0 Å². The molecule has 0 atom stereocenters. The molecule has 2 nitrogen and oxygen atoms in total. The lowest BCUT2D eigenvalue weighted by molar-refractivity contribution is 0.612. The molecule has 0 saturated heterocycles. The molecule has 0 fully saturated rings. The first-order valence-electron chi connectivity index (χ1n) is 3.22. The highest BCUT2D eigenvalue weighted by Gasteiger charge is 2.02. The summed E-state index contributed by atoms with van der Waals surface area (Å²) < 4.78 is 12.8. The van der Waals surface area contributed by atoms with Crippen molar-refractivity contribution in [2.24, 2.45) is 0 Å². The molecule has 0 saturated carbocycles. The molecule has 1 aromatic rings. The van der Waals surface area contributed by atoms with Crippen LogP contribution in [0, 0.1) is 24.1 Å². The lowest BCUT2D eigenvalue weighted by Gasteiger charge is -1.99. The minimum atomic E-state index is -0.301. The molecule has 1 rings (SSSR count). The number of halogens is 1. The molecule has 56 valence electrons. The maximum atomic E-state index is 12.8. The second-order valence-corrected chi connectivity index (χ2v) is 2.20. The standard InChI is InChI=1S/C8H7FN2/c1-6-7(9)3-5-11-8(6)2-4-10/h3,5H,2H2,1H3. The molecule has 1 heterocycles. The van der Waals surface area contributed by atoms with Crippen molar-refractivity contribution in [3.05, 3.63) is 29.3 Å². The Morgan fingerprint density at radius 1 is 1.73 bits per heavy atom. The summed E-state index contributed by atoms with van der Waals surface area (Å²) in [5, 5.41) is 8.32. The van der Waals surface area contributed by atoms with E-state index in [4.69, 9.17) is 5.26 Å². The summed E-state index contributed by atoms with van der Waals surface area (Å²) in [5.74, 6) is -0.301. The second-order valence-electron chi connectivity index (χ2n) is 2.20. The summed E-state index contributed by atoms with van der Waals surface area (Å²) in [6.07, 6.45) is 1.54. The smallest absolute Gasteiger partial charge is 0.129 e. The Morgan fingerprint density at radius 2 is 2.45 bits per heavy atom. The normalized spacial score (nSPS) is 9.18. The van der Waals surface area contributed by atoms with Crippen molar-refractivity contribution >= 4 is 0 Å². The summed E-state index contributed by atoms with van der Waals surface area (Å²) in [6, 6.07) is 3.21. The van der Waals surface area contributed by atoms with Gasteiger partial charge < -0.3 is 0 Å². The van der Waals surface area contributed by atoms with Crippen molar-refractivity contribution in [3.63, 3.8) is 0 Å². The van der Waals surface area contributed by atoms with Crippen LogP contribution in [0.1, 0.15) is 11.3 Å². The van der Waals surface area contributed by atoms with Crippen LogP contribution in [0.4, 0.5) is 4.39 Å². The van der Waals surface area contributed by atoms with E-state index in [9.17, 15) is 4.39 Å². The molecule has 0 radical (unpaired) electrons. The van der Waals surface area contributed by atoms with E-state index in [1.165, 1.54) is 12.3 Å². The number of hydrogen-bond donors (Lipinski definition) is 0. The van der Waals surface area contributed by atoms with Gasteiger partial charge in [0.2, 0.25) is 0 Å². The van der Waals surface area contributed by atoms with Crippen LogP contribution in [0.25, 0.3) is 0 Å². The van der Waals surface area contributed by atoms with Crippen molar-refractivity contribution in [3.8, 4) is 6.07 Å². The van der Waals surface area contributed by atoms with Crippen LogP contribution in [0.15, 0.2) is 12.3 Å². The first kappa shape index (κ1) is 7.67. The van der Waals surface area contributed by atoms with E-state index < -0.39 is 0 Å². The molecule has 0 spiro atoms. The molecule has 11 heavy (non-hydrogen) atoms. The van der Waals surface area contributed by atoms with Gasteiger partial charge in [-0.2, -0.15) is 5.26 Å². The third-order valence-corrected chi connectivity index (χ3v) is 1.49. The Bertz CT molecular complexity index is 301. The molecule has 0 bridgehead atoms. The van der Waals surface area contributed by atoms with Gasteiger partial charge in [-0.25, -0.2) is 4.39 Å². The van der Waals surface area contributed by atoms with Crippen molar-refractivity contribution in [2.45, 2.75) is 13.3 Å². The summed E-state index contributed by atoms with van der Waals surface area (Å²) in [6.45, 7) is 1.62. The SMILES string of the molecule is Cc1c(F)ccnc1CC#N. The molecular formula is C8H7FN2. The monoisotopic (exact) mass is 150 g/mol. The van der Waals surface area contributed by atoms with E-state index >= 15 is 0 Å². The average molecular weight is 150 g/mol. The highest BCUT2D eigenvalue weighted by atomic mass is 19.1. The molecule has 0 aliphatic rings. The van der Waals surface area contributed by atoms with E-state index in [1.54, 1.807) is 6.92 Å². The van der Waals surface area contributed by atoms with E-state index in [2.05, 4.69) is 4.98 Å². The topological polar surface area (TPSA) is 36.7 Å². The summed E-state index contributed by atoms with van der Waals surface area (Å²) in [5.41, 5.74) is 0.988. The van der Waals surface area contributed by atoms with Gasteiger partial charge in [-0.15, -0.1) is 0 Å². The fraction of sp³-hybridized carbons (Fsp3) is 0.250. The zero-order valence-corrected chi connectivity index (χ0v) is 6.13.